The molecule has 2 heteroatoms. The molecule has 82 valence electrons. The first-order valence-electron chi connectivity index (χ1n) is 5.56. The van der Waals surface area contributed by atoms with Gasteiger partial charge in [-0.05, 0) is 43.7 Å². The molecular weight excluding hydrogens is 186 g/mol. The van der Waals surface area contributed by atoms with Gasteiger partial charge in [-0.1, -0.05) is 18.2 Å². The molecule has 0 aliphatic heterocycles. The van der Waals surface area contributed by atoms with Crippen molar-refractivity contribution in [1.82, 2.24) is 0 Å². The molecule has 2 rings (SSSR count). The van der Waals surface area contributed by atoms with Gasteiger partial charge in [0, 0.05) is 5.54 Å². The van der Waals surface area contributed by atoms with E-state index in [0.29, 0.717) is 0 Å². The first-order chi connectivity index (χ1) is 7.14. The van der Waals surface area contributed by atoms with Crippen molar-refractivity contribution in [2.24, 2.45) is 5.73 Å². The molecule has 2 N–H and O–H groups in total. The molecule has 1 saturated carbocycles. The van der Waals surface area contributed by atoms with Crippen LogP contribution in [0.5, 0.6) is 5.75 Å². The summed E-state index contributed by atoms with van der Waals surface area (Å²) in [4.78, 5) is 0. The number of rotatable bonds is 4. The summed E-state index contributed by atoms with van der Waals surface area (Å²) in [5.74, 6) is 1.03. The Hall–Kier alpha value is -1.02. The summed E-state index contributed by atoms with van der Waals surface area (Å²) in [5, 5.41) is 0. The van der Waals surface area contributed by atoms with Crippen molar-refractivity contribution in [2.45, 2.75) is 38.1 Å². The van der Waals surface area contributed by atoms with E-state index >= 15 is 0 Å². The van der Waals surface area contributed by atoms with Crippen LogP contribution in [0.1, 0.15) is 30.4 Å². The first-order valence-corrected chi connectivity index (χ1v) is 5.56. The van der Waals surface area contributed by atoms with E-state index in [1.807, 2.05) is 0 Å². The van der Waals surface area contributed by atoms with E-state index in [4.69, 9.17) is 10.5 Å². The fourth-order valence-electron chi connectivity index (χ4n) is 2.00. The summed E-state index contributed by atoms with van der Waals surface area (Å²) >= 11 is 0. The maximum atomic E-state index is 6.08. The zero-order chi connectivity index (χ0) is 10.9. The Bertz CT molecular complexity index is 356. The Labute approximate surface area is 91.4 Å². The van der Waals surface area contributed by atoms with Crippen molar-refractivity contribution in [3.63, 3.8) is 0 Å². The van der Waals surface area contributed by atoms with Crippen molar-refractivity contribution in [3.8, 4) is 5.75 Å². The number of aryl methyl sites for hydroxylation is 2. The summed E-state index contributed by atoms with van der Waals surface area (Å²) in [5.41, 5.74) is 8.71. The second kappa shape index (κ2) is 3.86. The lowest BCUT2D eigenvalue weighted by molar-refractivity contribution is 0.405. The van der Waals surface area contributed by atoms with Gasteiger partial charge >= 0.3 is 0 Å². The van der Waals surface area contributed by atoms with E-state index in [-0.39, 0.29) is 5.54 Å². The van der Waals surface area contributed by atoms with Crippen LogP contribution in [0, 0.1) is 6.92 Å². The van der Waals surface area contributed by atoms with Crippen molar-refractivity contribution in [2.75, 3.05) is 7.11 Å². The van der Waals surface area contributed by atoms with Crippen molar-refractivity contribution in [1.29, 1.82) is 0 Å². The minimum absolute atomic E-state index is 0.134. The highest BCUT2D eigenvalue weighted by atomic mass is 16.5. The molecule has 0 radical (unpaired) electrons. The van der Waals surface area contributed by atoms with Crippen molar-refractivity contribution >= 4 is 0 Å². The number of benzene rings is 1. The minimum atomic E-state index is 0.134. The fraction of sp³-hybridized carbons (Fsp3) is 0.538. The lowest BCUT2D eigenvalue weighted by Crippen LogP contribution is -2.22. The van der Waals surface area contributed by atoms with Gasteiger partial charge in [-0.2, -0.15) is 0 Å². The third-order valence-electron chi connectivity index (χ3n) is 3.28. The molecule has 0 atom stereocenters. The van der Waals surface area contributed by atoms with Crippen LogP contribution in [0.4, 0.5) is 0 Å². The molecule has 1 aliphatic rings. The zero-order valence-corrected chi connectivity index (χ0v) is 9.55. The van der Waals surface area contributed by atoms with Gasteiger partial charge in [-0.3, -0.25) is 0 Å². The first kappa shape index (κ1) is 10.5. The van der Waals surface area contributed by atoms with E-state index < -0.39 is 0 Å². The highest BCUT2D eigenvalue weighted by Crippen LogP contribution is 2.37. The smallest absolute Gasteiger partial charge is 0.124 e. The van der Waals surface area contributed by atoms with Crippen molar-refractivity contribution < 1.29 is 4.74 Å². The molecule has 2 nitrogen and oxygen atoms in total. The van der Waals surface area contributed by atoms with Crippen LogP contribution in [-0.4, -0.2) is 12.6 Å². The lowest BCUT2D eigenvalue weighted by atomic mass is 10.0. The van der Waals surface area contributed by atoms with Crippen LogP contribution in [0.25, 0.3) is 0 Å². The number of para-hydroxylation sites is 1. The molecule has 1 aliphatic carbocycles. The average Bonchev–Trinajstić information content (AvgIpc) is 2.94. The minimum Gasteiger partial charge on any atom is -0.496 e. The Morgan fingerprint density at radius 1 is 1.40 bits per heavy atom. The van der Waals surface area contributed by atoms with Crippen LogP contribution < -0.4 is 10.5 Å². The summed E-state index contributed by atoms with van der Waals surface area (Å²) in [6.45, 7) is 2.08. The molecule has 1 aromatic rings. The second-order valence-corrected chi connectivity index (χ2v) is 4.63. The standard InChI is InChI=1S/C13H19NO/c1-10-4-3-5-11(12(10)15-2)6-7-13(14)8-9-13/h3-5H,6-9,14H2,1-2H3. The summed E-state index contributed by atoms with van der Waals surface area (Å²) < 4.78 is 5.42. The number of ether oxygens (including phenoxy) is 1. The molecule has 1 aromatic carbocycles. The maximum Gasteiger partial charge on any atom is 0.124 e. The van der Waals surface area contributed by atoms with Gasteiger partial charge in [0.05, 0.1) is 7.11 Å². The predicted octanol–water partition coefficient (Wildman–Crippen LogP) is 2.43. The summed E-state index contributed by atoms with van der Waals surface area (Å²) in [6, 6.07) is 6.30. The Balaban J connectivity index is 2.09. The number of methoxy groups -OCH3 is 1. The molecule has 0 unspecified atom stereocenters. The summed E-state index contributed by atoms with van der Waals surface area (Å²) in [7, 11) is 1.74. The third kappa shape index (κ3) is 2.32. The number of hydrogen-bond acceptors (Lipinski definition) is 2. The second-order valence-electron chi connectivity index (χ2n) is 4.63. The quantitative estimate of drug-likeness (QED) is 0.819. The fourth-order valence-corrected chi connectivity index (χ4v) is 2.00. The Morgan fingerprint density at radius 2 is 2.13 bits per heavy atom. The Kier molecular flexibility index (Phi) is 2.70. The van der Waals surface area contributed by atoms with Gasteiger partial charge in [0.15, 0.2) is 0 Å². The van der Waals surface area contributed by atoms with Gasteiger partial charge < -0.3 is 10.5 Å². The van der Waals surface area contributed by atoms with E-state index in [1.54, 1.807) is 7.11 Å². The average molecular weight is 205 g/mol. The van der Waals surface area contributed by atoms with E-state index in [9.17, 15) is 0 Å². The molecule has 0 amide bonds. The molecule has 0 heterocycles. The van der Waals surface area contributed by atoms with Gasteiger partial charge in [0.1, 0.15) is 5.75 Å². The molecule has 0 bridgehead atoms. The predicted molar refractivity (Wildman–Crippen MR) is 62.2 cm³/mol. The lowest BCUT2D eigenvalue weighted by Gasteiger charge is -2.13. The third-order valence-corrected chi connectivity index (χ3v) is 3.28. The number of nitrogens with two attached hydrogens (primary N) is 1. The van der Waals surface area contributed by atoms with Gasteiger partial charge in [0.25, 0.3) is 0 Å². The molecule has 15 heavy (non-hydrogen) atoms. The van der Waals surface area contributed by atoms with Crippen molar-refractivity contribution in [3.05, 3.63) is 29.3 Å². The van der Waals surface area contributed by atoms with Gasteiger partial charge in [0.2, 0.25) is 0 Å². The van der Waals surface area contributed by atoms with E-state index in [2.05, 4.69) is 25.1 Å². The van der Waals surface area contributed by atoms with Crippen LogP contribution >= 0.6 is 0 Å². The highest BCUT2D eigenvalue weighted by Gasteiger charge is 2.37. The van der Waals surface area contributed by atoms with Gasteiger partial charge in [-0.25, -0.2) is 0 Å². The van der Waals surface area contributed by atoms with Crippen LogP contribution in [-0.2, 0) is 6.42 Å². The molecule has 0 aromatic heterocycles. The van der Waals surface area contributed by atoms with Gasteiger partial charge in [-0.15, -0.1) is 0 Å². The highest BCUT2D eigenvalue weighted by molar-refractivity contribution is 5.40. The summed E-state index contributed by atoms with van der Waals surface area (Å²) in [6.07, 6.45) is 4.47. The monoisotopic (exact) mass is 205 g/mol. The Morgan fingerprint density at radius 3 is 2.73 bits per heavy atom. The largest absolute Gasteiger partial charge is 0.496 e. The molecule has 0 saturated heterocycles. The SMILES string of the molecule is COc1c(C)cccc1CCC1(N)CC1. The zero-order valence-electron chi connectivity index (χ0n) is 9.55. The van der Waals surface area contributed by atoms with Crippen LogP contribution in [0.3, 0.4) is 0 Å². The van der Waals surface area contributed by atoms with Crippen LogP contribution in [0.2, 0.25) is 0 Å². The van der Waals surface area contributed by atoms with Crippen LogP contribution in [0.15, 0.2) is 18.2 Å². The van der Waals surface area contributed by atoms with E-state index in [0.717, 1.165) is 18.6 Å². The number of hydrogen-bond donors (Lipinski definition) is 1. The molecule has 0 spiro atoms. The molecular formula is C13H19NO. The topological polar surface area (TPSA) is 35.2 Å². The normalized spacial score (nSPS) is 17.5. The maximum absolute atomic E-state index is 6.08. The van der Waals surface area contributed by atoms with E-state index in [1.165, 1.54) is 24.0 Å². The molecule has 1 fully saturated rings.